The highest BCUT2D eigenvalue weighted by Gasteiger charge is 2.21. The molecule has 0 spiro atoms. The smallest absolute Gasteiger partial charge is 0.305 e. The molecular weight excluding hydrogens is 270 g/mol. The van der Waals surface area contributed by atoms with E-state index in [9.17, 15) is 13.2 Å². The summed E-state index contributed by atoms with van der Waals surface area (Å²) in [5.74, 6) is -0.636. The van der Waals surface area contributed by atoms with Gasteiger partial charge in [0.2, 0.25) is 10.0 Å². The summed E-state index contributed by atoms with van der Waals surface area (Å²) >= 11 is 0. The van der Waals surface area contributed by atoms with Crippen LogP contribution in [0, 0.1) is 0 Å². The quantitative estimate of drug-likeness (QED) is 0.817. The van der Waals surface area contributed by atoms with E-state index in [0.717, 1.165) is 10.6 Å². The van der Waals surface area contributed by atoms with E-state index in [1.54, 1.807) is 31.2 Å². The van der Waals surface area contributed by atoms with Gasteiger partial charge < -0.3 is 9.84 Å². The minimum atomic E-state index is -3.56. The van der Waals surface area contributed by atoms with Crippen molar-refractivity contribution in [3.8, 4) is 5.75 Å². The third-order valence-electron chi connectivity index (χ3n) is 2.36. The molecule has 0 aliphatic carbocycles. The summed E-state index contributed by atoms with van der Waals surface area (Å²) in [4.78, 5) is 10.6. The second kappa shape index (κ2) is 6.42. The first-order valence-corrected chi connectivity index (χ1v) is 7.62. The number of hydrogen-bond donors (Lipinski definition) is 1. The van der Waals surface area contributed by atoms with Crippen molar-refractivity contribution in [3.05, 3.63) is 24.3 Å². The molecule has 0 unspecified atom stereocenters. The van der Waals surface area contributed by atoms with Crippen LogP contribution in [-0.4, -0.2) is 38.9 Å². The monoisotopic (exact) mass is 287 g/mol. The Bertz CT molecular complexity index is 541. The number of carbonyl (C=O) groups is 1. The summed E-state index contributed by atoms with van der Waals surface area (Å²) < 4.78 is 30.0. The van der Waals surface area contributed by atoms with E-state index in [1.165, 1.54) is 0 Å². The lowest BCUT2D eigenvalue weighted by atomic mass is 10.3. The Morgan fingerprint density at radius 2 is 2.00 bits per heavy atom. The second-order valence-corrected chi connectivity index (χ2v) is 5.79. The minimum Gasteiger partial charge on any atom is -0.492 e. The summed E-state index contributed by atoms with van der Waals surface area (Å²) in [6.45, 7) is 2.06. The number of rotatable bonds is 7. The van der Waals surface area contributed by atoms with Gasteiger partial charge in [0.05, 0.1) is 25.0 Å². The Morgan fingerprint density at radius 3 is 2.53 bits per heavy atom. The van der Waals surface area contributed by atoms with Gasteiger partial charge in [0.25, 0.3) is 0 Å². The van der Waals surface area contributed by atoms with Gasteiger partial charge in [0.1, 0.15) is 5.75 Å². The molecule has 0 bridgehead atoms. The number of anilines is 1. The van der Waals surface area contributed by atoms with Crippen LogP contribution in [0.15, 0.2) is 24.3 Å². The topological polar surface area (TPSA) is 83.9 Å². The summed E-state index contributed by atoms with van der Waals surface area (Å²) in [7, 11) is -3.56. The minimum absolute atomic E-state index is 0.127. The zero-order valence-electron chi connectivity index (χ0n) is 10.9. The molecule has 0 heterocycles. The molecule has 1 N–H and O–H groups in total. The number of carboxylic acid groups (broad SMARTS) is 1. The summed E-state index contributed by atoms with van der Waals surface area (Å²) in [5.41, 5.74) is 0.355. The van der Waals surface area contributed by atoms with Crippen molar-refractivity contribution in [2.24, 2.45) is 0 Å². The average molecular weight is 287 g/mol. The number of para-hydroxylation sites is 2. The average Bonchev–Trinajstić information content (AvgIpc) is 2.29. The molecule has 0 amide bonds. The molecule has 0 aliphatic rings. The maximum atomic E-state index is 11.8. The number of nitrogens with zero attached hydrogens (tertiary/aromatic N) is 1. The molecule has 6 nitrogen and oxygen atoms in total. The van der Waals surface area contributed by atoms with Crippen LogP contribution in [-0.2, 0) is 14.8 Å². The summed E-state index contributed by atoms with van der Waals surface area (Å²) in [5, 5.41) is 8.69. The van der Waals surface area contributed by atoms with Gasteiger partial charge in [0, 0.05) is 6.54 Å². The highest BCUT2D eigenvalue weighted by molar-refractivity contribution is 7.92. The molecule has 1 aromatic carbocycles. The van der Waals surface area contributed by atoms with E-state index in [2.05, 4.69) is 0 Å². The Labute approximate surface area is 112 Å². The first-order valence-electron chi connectivity index (χ1n) is 5.77. The van der Waals surface area contributed by atoms with Crippen LogP contribution >= 0.6 is 0 Å². The van der Waals surface area contributed by atoms with Crippen molar-refractivity contribution >= 4 is 21.7 Å². The summed E-state index contributed by atoms with van der Waals surface area (Å²) in [6, 6.07) is 6.65. The van der Waals surface area contributed by atoms with E-state index in [-0.39, 0.29) is 13.0 Å². The van der Waals surface area contributed by atoms with Crippen molar-refractivity contribution in [3.63, 3.8) is 0 Å². The van der Waals surface area contributed by atoms with Gasteiger partial charge in [-0.05, 0) is 19.1 Å². The van der Waals surface area contributed by atoms with Crippen LogP contribution in [0.2, 0.25) is 0 Å². The van der Waals surface area contributed by atoms with Gasteiger partial charge in [-0.2, -0.15) is 0 Å². The fourth-order valence-electron chi connectivity index (χ4n) is 1.60. The molecule has 0 fully saturated rings. The van der Waals surface area contributed by atoms with Gasteiger partial charge in [-0.1, -0.05) is 12.1 Å². The maximum Gasteiger partial charge on any atom is 0.305 e. The molecule has 1 aromatic rings. The fraction of sp³-hybridized carbons (Fsp3) is 0.417. The predicted octanol–water partition coefficient (Wildman–Crippen LogP) is 1.33. The molecule has 0 aliphatic heterocycles. The standard InChI is InChI=1S/C12H17NO5S/c1-3-18-11-7-5-4-6-10(11)13(19(2,16)17)9-8-12(14)15/h4-7H,3,8-9H2,1-2H3,(H,14,15). The van der Waals surface area contributed by atoms with Gasteiger partial charge in [-0.25, -0.2) is 8.42 Å². The van der Waals surface area contributed by atoms with Crippen molar-refractivity contribution < 1.29 is 23.1 Å². The van der Waals surface area contributed by atoms with Crippen LogP contribution in [0.1, 0.15) is 13.3 Å². The molecule has 7 heteroatoms. The summed E-state index contributed by atoms with van der Waals surface area (Å²) in [6.07, 6.45) is 0.769. The Kier molecular flexibility index (Phi) is 5.17. The number of aliphatic carboxylic acids is 1. The van der Waals surface area contributed by atoms with Crippen LogP contribution in [0.25, 0.3) is 0 Å². The van der Waals surface area contributed by atoms with Gasteiger partial charge in [0.15, 0.2) is 0 Å². The Hall–Kier alpha value is -1.76. The van der Waals surface area contributed by atoms with Gasteiger partial charge in [-0.3, -0.25) is 9.10 Å². The highest BCUT2D eigenvalue weighted by Crippen LogP contribution is 2.29. The Balaban J connectivity index is 3.14. The lowest BCUT2D eigenvalue weighted by molar-refractivity contribution is -0.136. The number of hydrogen-bond acceptors (Lipinski definition) is 4. The lowest BCUT2D eigenvalue weighted by Gasteiger charge is -2.23. The Morgan fingerprint density at radius 1 is 1.37 bits per heavy atom. The van der Waals surface area contributed by atoms with E-state index >= 15 is 0 Å². The van der Waals surface area contributed by atoms with Crippen molar-refractivity contribution in [1.82, 2.24) is 0 Å². The fourth-order valence-corrected chi connectivity index (χ4v) is 2.53. The molecule has 0 aromatic heterocycles. The zero-order valence-corrected chi connectivity index (χ0v) is 11.7. The first-order chi connectivity index (χ1) is 8.86. The molecule has 0 atom stereocenters. The van der Waals surface area contributed by atoms with E-state index < -0.39 is 16.0 Å². The lowest BCUT2D eigenvalue weighted by Crippen LogP contribution is -2.32. The third-order valence-corrected chi connectivity index (χ3v) is 3.54. The van der Waals surface area contributed by atoms with Crippen LogP contribution < -0.4 is 9.04 Å². The van der Waals surface area contributed by atoms with Crippen LogP contribution in [0.4, 0.5) is 5.69 Å². The van der Waals surface area contributed by atoms with Crippen molar-refractivity contribution in [1.29, 1.82) is 0 Å². The normalized spacial score (nSPS) is 11.1. The van der Waals surface area contributed by atoms with Crippen molar-refractivity contribution in [2.75, 3.05) is 23.7 Å². The number of carboxylic acids is 1. The van der Waals surface area contributed by atoms with Gasteiger partial charge >= 0.3 is 5.97 Å². The largest absolute Gasteiger partial charge is 0.492 e. The van der Waals surface area contributed by atoms with E-state index in [1.807, 2.05) is 0 Å². The SMILES string of the molecule is CCOc1ccccc1N(CCC(=O)O)S(C)(=O)=O. The molecule has 106 valence electrons. The number of sulfonamides is 1. The van der Waals surface area contributed by atoms with Crippen LogP contribution in [0.5, 0.6) is 5.75 Å². The van der Waals surface area contributed by atoms with Crippen molar-refractivity contribution in [2.45, 2.75) is 13.3 Å². The molecule has 19 heavy (non-hydrogen) atoms. The molecule has 0 saturated carbocycles. The number of benzene rings is 1. The first kappa shape index (κ1) is 15.3. The molecule has 1 rings (SSSR count). The maximum absolute atomic E-state index is 11.8. The van der Waals surface area contributed by atoms with Gasteiger partial charge in [-0.15, -0.1) is 0 Å². The second-order valence-electron chi connectivity index (χ2n) is 3.88. The highest BCUT2D eigenvalue weighted by atomic mass is 32.2. The molecule has 0 radical (unpaired) electrons. The third kappa shape index (κ3) is 4.44. The molecule has 0 saturated heterocycles. The van der Waals surface area contributed by atoms with Crippen LogP contribution in [0.3, 0.4) is 0 Å². The predicted molar refractivity (Wildman–Crippen MR) is 72.1 cm³/mol. The number of ether oxygens (including phenoxy) is 1. The van der Waals surface area contributed by atoms with E-state index in [0.29, 0.717) is 18.0 Å². The van der Waals surface area contributed by atoms with E-state index in [4.69, 9.17) is 9.84 Å². The zero-order chi connectivity index (χ0) is 14.5. The molecular formula is C12H17NO5S.